The normalized spacial score (nSPS) is 19.0. The van der Waals surface area contributed by atoms with E-state index in [1.807, 2.05) is 48.5 Å². The smallest absolute Gasteiger partial charge is 0.266 e. The number of hydrogen-bond donors (Lipinski definition) is 2. The number of nitrogens with one attached hydrogen (secondary N) is 1. The second kappa shape index (κ2) is 9.53. The first-order valence-electron chi connectivity index (χ1n) is 10.9. The Kier molecular flexibility index (Phi) is 6.72. The van der Waals surface area contributed by atoms with Crippen LogP contribution in [0.1, 0.15) is 18.4 Å². The summed E-state index contributed by atoms with van der Waals surface area (Å²) in [6, 6.07) is 15.9. The van der Waals surface area contributed by atoms with Crippen molar-refractivity contribution in [2.45, 2.75) is 17.6 Å². The fourth-order valence-electron chi connectivity index (χ4n) is 4.46. The van der Waals surface area contributed by atoms with Crippen LogP contribution >= 0.6 is 0 Å². The van der Waals surface area contributed by atoms with Gasteiger partial charge in [-0.1, -0.05) is 30.2 Å². The van der Waals surface area contributed by atoms with Crippen molar-refractivity contribution in [2.75, 3.05) is 44.3 Å². The van der Waals surface area contributed by atoms with Gasteiger partial charge in [-0.3, -0.25) is 10.0 Å². The average molecular weight is 470 g/mol. The molecule has 0 unspecified atom stereocenters. The molecule has 33 heavy (non-hydrogen) atoms. The molecule has 2 heterocycles. The zero-order valence-corrected chi connectivity index (χ0v) is 19.1. The summed E-state index contributed by atoms with van der Waals surface area (Å²) in [7, 11) is -3.97. The molecule has 0 spiro atoms. The summed E-state index contributed by atoms with van der Waals surface area (Å²) in [5, 5.41) is 9.20. The molecule has 1 amide bonds. The third-order valence-electron chi connectivity index (χ3n) is 6.51. The lowest BCUT2D eigenvalue weighted by molar-refractivity contribution is -0.134. The van der Waals surface area contributed by atoms with E-state index in [-0.39, 0.29) is 39.1 Å². The number of nitrogens with zero attached hydrogens (tertiary/aromatic N) is 2. The first kappa shape index (κ1) is 23.3. The van der Waals surface area contributed by atoms with Gasteiger partial charge in [0.2, 0.25) is 10.0 Å². The Bertz CT molecular complexity index is 1130. The van der Waals surface area contributed by atoms with E-state index in [9.17, 15) is 18.4 Å². The number of sulfonamides is 1. The van der Waals surface area contributed by atoms with Crippen molar-refractivity contribution >= 4 is 21.6 Å². The molecule has 0 aliphatic carbocycles. The third kappa shape index (κ3) is 4.35. The van der Waals surface area contributed by atoms with Gasteiger partial charge in [0.05, 0.1) is 0 Å². The maximum absolute atomic E-state index is 13.4. The number of terminal acetylenes is 1. The molecule has 0 saturated carbocycles. The van der Waals surface area contributed by atoms with Crippen LogP contribution in [0.2, 0.25) is 0 Å². The van der Waals surface area contributed by atoms with Crippen molar-refractivity contribution in [3.8, 4) is 23.5 Å². The van der Waals surface area contributed by atoms with E-state index in [1.165, 1.54) is 4.31 Å². The first-order valence-corrected chi connectivity index (χ1v) is 12.3. The van der Waals surface area contributed by atoms with E-state index < -0.39 is 20.7 Å². The number of ether oxygens (including phenoxy) is 1. The van der Waals surface area contributed by atoms with Crippen LogP contribution in [0.3, 0.4) is 0 Å². The van der Waals surface area contributed by atoms with Gasteiger partial charge < -0.3 is 9.64 Å². The second-order valence-corrected chi connectivity index (χ2v) is 10.5. The molecule has 9 heteroatoms. The predicted molar refractivity (Wildman–Crippen MR) is 125 cm³/mol. The van der Waals surface area contributed by atoms with Crippen molar-refractivity contribution in [1.29, 1.82) is 0 Å². The van der Waals surface area contributed by atoms with Crippen LogP contribution in [0.25, 0.3) is 11.1 Å². The summed E-state index contributed by atoms with van der Waals surface area (Å²) in [5.74, 6) is 1.72. The van der Waals surface area contributed by atoms with Crippen LogP contribution in [0.5, 0.6) is 0 Å². The van der Waals surface area contributed by atoms with Gasteiger partial charge in [0.25, 0.3) is 5.91 Å². The lowest BCUT2D eigenvalue weighted by Gasteiger charge is -2.42. The van der Waals surface area contributed by atoms with Gasteiger partial charge in [-0.25, -0.2) is 13.9 Å². The molecule has 2 aliphatic heterocycles. The minimum Gasteiger partial charge on any atom is -0.381 e. The number of benzene rings is 2. The van der Waals surface area contributed by atoms with Gasteiger partial charge in [0.1, 0.15) is 0 Å². The molecule has 2 saturated heterocycles. The van der Waals surface area contributed by atoms with E-state index in [0.717, 1.165) is 22.4 Å². The average Bonchev–Trinajstić information content (AvgIpc) is 2.88. The Morgan fingerprint density at radius 1 is 0.970 bits per heavy atom. The highest BCUT2D eigenvalue weighted by Crippen LogP contribution is 2.34. The van der Waals surface area contributed by atoms with Crippen molar-refractivity contribution in [3.63, 3.8) is 0 Å². The number of hydrogen-bond acceptors (Lipinski definition) is 6. The van der Waals surface area contributed by atoms with Crippen LogP contribution in [-0.2, 0) is 19.6 Å². The standard InChI is InChI=1S/C24H27N3O5S/c1-2-19-3-5-20(6-4-19)21-7-9-22(10-8-21)26-13-15-27(16-14-26)33(30,31)24(23(28)25-29)11-17-32-18-12-24/h1,3-10,29H,11-18H2,(H,25,28). The Hall–Kier alpha value is -2.90. The molecule has 0 radical (unpaired) electrons. The SMILES string of the molecule is C#Cc1ccc(-c2ccc(N3CCN(S(=O)(=O)C4(C(=O)NO)CCOCC4)CC3)cc2)cc1. The first-order chi connectivity index (χ1) is 15.9. The van der Waals surface area contributed by atoms with Crippen molar-refractivity contribution in [1.82, 2.24) is 9.79 Å². The molecule has 2 aliphatic rings. The summed E-state index contributed by atoms with van der Waals surface area (Å²) in [4.78, 5) is 14.5. The number of amides is 1. The number of carbonyl (C=O) groups excluding carboxylic acids is 1. The molecule has 174 valence electrons. The number of piperazine rings is 1. The molecule has 2 fully saturated rings. The number of hydroxylamine groups is 1. The molecule has 0 atom stereocenters. The van der Waals surface area contributed by atoms with E-state index in [0.29, 0.717) is 13.1 Å². The van der Waals surface area contributed by atoms with E-state index in [4.69, 9.17) is 11.2 Å². The lowest BCUT2D eigenvalue weighted by atomic mass is 9.98. The van der Waals surface area contributed by atoms with Gasteiger partial charge in [-0.2, -0.15) is 4.31 Å². The summed E-state index contributed by atoms with van der Waals surface area (Å²) in [6.07, 6.45) is 5.46. The Morgan fingerprint density at radius 3 is 2.03 bits per heavy atom. The summed E-state index contributed by atoms with van der Waals surface area (Å²) < 4.78 is 31.8. The van der Waals surface area contributed by atoms with E-state index >= 15 is 0 Å². The number of carbonyl (C=O) groups is 1. The topological polar surface area (TPSA) is 99.2 Å². The van der Waals surface area contributed by atoms with Crippen LogP contribution in [-0.4, -0.2) is 68.0 Å². The Morgan fingerprint density at radius 2 is 1.52 bits per heavy atom. The summed E-state index contributed by atoms with van der Waals surface area (Å²) in [5.41, 5.74) is 5.54. The zero-order chi connectivity index (χ0) is 23.5. The van der Waals surface area contributed by atoms with E-state index in [2.05, 4.69) is 10.8 Å². The zero-order valence-electron chi connectivity index (χ0n) is 18.2. The molecule has 4 rings (SSSR count). The monoisotopic (exact) mass is 469 g/mol. The second-order valence-electron chi connectivity index (χ2n) is 8.21. The lowest BCUT2D eigenvalue weighted by Crippen LogP contribution is -2.62. The summed E-state index contributed by atoms with van der Waals surface area (Å²) in [6.45, 7) is 1.85. The molecule has 2 N–H and O–H groups in total. The number of rotatable bonds is 5. The maximum atomic E-state index is 13.4. The molecule has 2 aromatic carbocycles. The fraction of sp³-hybridized carbons (Fsp3) is 0.375. The Balaban J connectivity index is 1.45. The van der Waals surface area contributed by atoms with Gasteiger partial charge in [0, 0.05) is 63.5 Å². The minimum atomic E-state index is -3.97. The van der Waals surface area contributed by atoms with Gasteiger partial charge in [0.15, 0.2) is 4.75 Å². The minimum absolute atomic E-state index is 0.0196. The molecule has 0 bridgehead atoms. The van der Waals surface area contributed by atoms with Gasteiger partial charge in [-0.05, 0) is 35.4 Å². The largest absolute Gasteiger partial charge is 0.381 e. The van der Waals surface area contributed by atoms with E-state index in [1.54, 1.807) is 5.48 Å². The maximum Gasteiger partial charge on any atom is 0.266 e. The van der Waals surface area contributed by atoms with Crippen LogP contribution in [0.15, 0.2) is 48.5 Å². The highest BCUT2D eigenvalue weighted by molar-refractivity contribution is 7.91. The van der Waals surface area contributed by atoms with Crippen molar-refractivity contribution in [3.05, 3.63) is 54.1 Å². The van der Waals surface area contributed by atoms with Crippen LogP contribution < -0.4 is 10.4 Å². The highest BCUT2D eigenvalue weighted by Gasteiger charge is 2.54. The summed E-state index contributed by atoms with van der Waals surface area (Å²) >= 11 is 0. The molecular weight excluding hydrogens is 442 g/mol. The van der Waals surface area contributed by atoms with Gasteiger partial charge >= 0.3 is 0 Å². The van der Waals surface area contributed by atoms with Gasteiger partial charge in [-0.15, -0.1) is 6.42 Å². The fourth-order valence-corrected chi connectivity index (χ4v) is 6.56. The van der Waals surface area contributed by atoms with Crippen LogP contribution in [0.4, 0.5) is 5.69 Å². The predicted octanol–water partition coefficient (Wildman–Crippen LogP) is 1.84. The molecular formula is C24H27N3O5S. The quantitative estimate of drug-likeness (QED) is 0.394. The number of anilines is 1. The molecule has 8 nitrogen and oxygen atoms in total. The molecule has 0 aromatic heterocycles. The highest BCUT2D eigenvalue weighted by atomic mass is 32.2. The Labute approximate surface area is 194 Å². The van der Waals surface area contributed by atoms with Crippen LogP contribution in [0, 0.1) is 12.3 Å². The molecule has 2 aromatic rings. The third-order valence-corrected chi connectivity index (χ3v) is 9.13. The van der Waals surface area contributed by atoms with Crippen molar-refractivity contribution in [2.24, 2.45) is 0 Å². The van der Waals surface area contributed by atoms with Crippen molar-refractivity contribution < 1.29 is 23.2 Å².